The highest BCUT2D eigenvalue weighted by Crippen LogP contribution is 2.38. The van der Waals surface area contributed by atoms with Crippen molar-refractivity contribution in [2.75, 3.05) is 5.32 Å². The van der Waals surface area contributed by atoms with E-state index in [1.54, 1.807) is 0 Å². The molecule has 190 valence electrons. The van der Waals surface area contributed by atoms with Gasteiger partial charge in [0.25, 0.3) is 11.8 Å². The highest BCUT2D eigenvalue weighted by molar-refractivity contribution is 6.07. The number of pyridine rings is 1. The van der Waals surface area contributed by atoms with Crippen molar-refractivity contribution in [3.8, 4) is 17.2 Å². The highest BCUT2D eigenvalue weighted by Gasteiger charge is 2.37. The van der Waals surface area contributed by atoms with Crippen molar-refractivity contribution in [2.24, 2.45) is 5.73 Å². The Balaban J connectivity index is 2.02. The molecule has 2 aromatic carbocycles. The van der Waals surface area contributed by atoms with Gasteiger partial charge in [-0.25, -0.2) is 8.78 Å². The Kier molecular flexibility index (Phi) is 7.03. The number of halogens is 8. The number of ether oxygens (including phenoxy) is 2. The molecule has 0 atom stereocenters. The number of nitrogens with zero attached hydrogens (tertiary/aromatic N) is 1. The molecule has 0 saturated carbocycles. The van der Waals surface area contributed by atoms with E-state index in [1.807, 2.05) is 5.32 Å². The second kappa shape index (κ2) is 9.67. The summed E-state index contributed by atoms with van der Waals surface area (Å²) in [7, 11) is 0. The summed E-state index contributed by atoms with van der Waals surface area (Å²) in [5.41, 5.74) is 1.33. The number of nitrogens with one attached hydrogen (secondary N) is 1. The van der Waals surface area contributed by atoms with Crippen LogP contribution < -0.4 is 20.5 Å². The fourth-order valence-corrected chi connectivity index (χ4v) is 2.79. The first-order valence-corrected chi connectivity index (χ1v) is 9.36. The third kappa shape index (κ3) is 6.17. The Morgan fingerprint density at radius 1 is 0.917 bits per heavy atom. The van der Waals surface area contributed by atoms with Gasteiger partial charge in [-0.2, -0.15) is 13.2 Å². The van der Waals surface area contributed by atoms with E-state index < -0.39 is 64.4 Å². The molecule has 0 fully saturated rings. The normalized spacial score (nSPS) is 11.7. The van der Waals surface area contributed by atoms with Crippen LogP contribution in [0.15, 0.2) is 48.7 Å². The molecule has 3 rings (SSSR count). The van der Waals surface area contributed by atoms with Crippen LogP contribution in [-0.2, 0) is 6.18 Å². The van der Waals surface area contributed by atoms with Crippen LogP contribution in [0.4, 0.5) is 40.8 Å². The van der Waals surface area contributed by atoms with Crippen LogP contribution in [0, 0.1) is 11.6 Å². The Bertz CT molecular complexity index is 1330. The van der Waals surface area contributed by atoms with Crippen molar-refractivity contribution in [2.45, 2.75) is 12.5 Å². The van der Waals surface area contributed by atoms with Crippen LogP contribution in [0.5, 0.6) is 17.2 Å². The molecule has 0 unspecified atom stereocenters. The number of carbonyl (C=O) groups excluding carboxylic acids is 2. The van der Waals surface area contributed by atoms with Crippen molar-refractivity contribution in [3.63, 3.8) is 0 Å². The van der Waals surface area contributed by atoms with Gasteiger partial charge in [0.2, 0.25) is 0 Å². The molecule has 1 aromatic heterocycles. The molecule has 7 nitrogen and oxygen atoms in total. The number of benzene rings is 2. The molecule has 0 aliphatic heterocycles. The predicted octanol–water partition coefficient (Wildman–Crippen LogP) is 5.42. The van der Waals surface area contributed by atoms with Crippen molar-refractivity contribution >= 4 is 17.5 Å². The van der Waals surface area contributed by atoms with E-state index in [0.717, 1.165) is 18.3 Å². The van der Waals surface area contributed by atoms with Gasteiger partial charge >= 0.3 is 12.5 Å². The first-order valence-electron chi connectivity index (χ1n) is 9.36. The van der Waals surface area contributed by atoms with Gasteiger partial charge in [0.1, 0.15) is 22.8 Å². The summed E-state index contributed by atoms with van der Waals surface area (Å²) in [6.07, 6.45) is -9.36. The quantitative estimate of drug-likeness (QED) is 0.422. The van der Waals surface area contributed by atoms with Crippen molar-refractivity contribution in [3.05, 3.63) is 77.1 Å². The Labute approximate surface area is 195 Å². The number of primary amides is 1. The second-order valence-electron chi connectivity index (χ2n) is 6.79. The summed E-state index contributed by atoms with van der Waals surface area (Å²) in [6, 6.07) is 4.29. The van der Waals surface area contributed by atoms with Crippen LogP contribution in [0.2, 0.25) is 0 Å². The van der Waals surface area contributed by atoms with Gasteiger partial charge in [0.05, 0.1) is 5.56 Å². The lowest BCUT2D eigenvalue weighted by Gasteiger charge is -2.17. The highest BCUT2D eigenvalue weighted by atomic mass is 19.4. The first kappa shape index (κ1) is 26.2. The fourth-order valence-electron chi connectivity index (χ4n) is 2.79. The maximum absolute atomic E-state index is 14.9. The van der Waals surface area contributed by atoms with E-state index in [2.05, 4.69) is 9.72 Å². The van der Waals surface area contributed by atoms with E-state index >= 15 is 0 Å². The molecule has 0 bridgehead atoms. The lowest BCUT2D eigenvalue weighted by atomic mass is 10.1. The third-order valence-corrected chi connectivity index (χ3v) is 4.26. The smallest absolute Gasteiger partial charge is 0.453 e. The summed E-state index contributed by atoms with van der Waals surface area (Å²) in [4.78, 5) is 27.6. The van der Waals surface area contributed by atoms with Crippen molar-refractivity contribution in [1.82, 2.24) is 4.98 Å². The topological polar surface area (TPSA) is 104 Å². The SMILES string of the molecule is NC(=O)c1cc(NC(=O)c2c(Oc3ccc(OC(F)(F)F)cc3F)ccc(C(F)(F)F)c2F)ccn1. The number of nitrogens with two attached hydrogens (primary N) is 1. The summed E-state index contributed by atoms with van der Waals surface area (Å²) in [5.74, 6) is -8.82. The van der Waals surface area contributed by atoms with E-state index in [4.69, 9.17) is 10.5 Å². The Morgan fingerprint density at radius 2 is 1.58 bits per heavy atom. The number of anilines is 1. The third-order valence-electron chi connectivity index (χ3n) is 4.26. The number of hydrogen-bond acceptors (Lipinski definition) is 5. The lowest BCUT2D eigenvalue weighted by Crippen LogP contribution is -2.19. The predicted molar refractivity (Wildman–Crippen MR) is 105 cm³/mol. The van der Waals surface area contributed by atoms with Crippen molar-refractivity contribution < 1.29 is 54.2 Å². The number of hydrogen-bond donors (Lipinski definition) is 2. The lowest BCUT2D eigenvalue weighted by molar-refractivity contribution is -0.274. The molecule has 2 amide bonds. The fraction of sp³-hybridized carbons (Fsp3) is 0.0952. The number of aromatic nitrogens is 1. The average Bonchev–Trinajstić information content (AvgIpc) is 2.73. The molecular weight excluding hydrogens is 510 g/mol. The molecular formula is C21H11F8N3O4. The summed E-state index contributed by atoms with van der Waals surface area (Å²) in [5, 5.41) is 2.04. The average molecular weight is 521 g/mol. The van der Waals surface area contributed by atoms with Gasteiger partial charge < -0.3 is 20.5 Å². The zero-order valence-corrected chi connectivity index (χ0v) is 17.3. The van der Waals surface area contributed by atoms with Gasteiger partial charge in [-0.05, 0) is 36.4 Å². The zero-order chi connectivity index (χ0) is 26.8. The molecule has 0 aliphatic rings. The largest absolute Gasteiger partial charge is 0.573 e. The van der Waals surface area contributed by atoms with Gasteiger partial charge in [-0.1, -0.05) is 0 Å². The van der Waals surface area contributed by atoms with Crippen LogP contribution in [0.3, 0.4) is 0 Å². The maximum atomic E-state index is 14.9. The van der Waals surface area contributed by atoms with E-state index in [0.29, 0.717) is 18.2 Å². The molecule has 15 heteroatoms. The number of rotatable bonds is 6. The second-order valence-corrected chi connectivity index (χ2v) is 6.79. The molecule has 1 heterocycles. The number of carbonyl (C=O) groups is 2. The van der Waals surface area contributed by atoms with Crippen LogP contribution >= 0.6 is 0 Å². The van der Waals surface area contributed by atoms with E-state index in [1.165, 1.54) is 0 Å². The van der Waals surface area contributed by atoms with Crippen LogP contribution in [0.25, 0.3) is 0 Å². The van der Waals surface area contributed by atoms with Gasteiger partial charge in [0, 0.05) is 18.0 Å². The summed E-state index contributed by atoms with van der Waals surface area (Å²) in [6.45, 7) is 0. The molecule has 0 aliphatic carbocycles. The van der Waals surface area contributed by atoms with Gasteiger partial charge in [-0.15, -0.1) is 13.2 Å². The molecule has 3 aromatic rings. The number of amides is 2. The van der Waals surface area contributed by atoms with Crippen LogP contribution in [0.1, 0.15) is 26.4 Å². The van der Waals surface area contributed by atoms with Crippen LogP contribution in [-0.4, -0.2) is 23.2 Å². The van der Waals surface area contributed by atoms with Gasteiger partial charge in [0.15, 0.2) is 17.4 Å². The molecule has 36 heavy (non-hydrogen) atoms. The van der Waals surface area contributed by atoms with Gasteiger partial charge in [-0.3, -0.25) is 14.6 Å². The minimum atomic E-state index is -5.24. The number of alkyl halides is 6. The minimum absolute atomic E-state index is 0.216. The van der Waals surface area contributed by atoms with E-state index in [9.17, 15) is 44.7 Å². The molecule has 0 spiro atoms. The monoisotopic (exact) mass is 521 g/mol. The molecule has 0 saturated heterocycles. The van der Waals surface area contributed by atoms with E-state index in [-0.39, 0.29) is 23.5 Å². The zero-order valence-electron chi connectivity index (χ0n) is 17.3. The molecule has 3 N–H and O–H groups in total. The first-order chi connectivity index (χ1) is 16.7. The summed E-state index contributed by atoms with van der Waals surface area (Å²) >= 11 is 0. The molecule has 0 radical (unpaired) electrons. The standard InChI is InChI=1S/C21H11F8N3O4/c22-12-8-10(36-21(27,28)29)1-3-14(12)35-15-4-2-11(20(24,25)26)17(23)16(15)19(34)32-9-5-6-31-13(7-9)18(30)33/h1-8H,(H2,30,33)(H,31,32,34). The maximum Gasteiger partial charge on any atom is 0.573 e. The Morgan fingerprint density at radius 3 is 2.17 bits per heavy atom. The minimum Gasteiger partial charge on any atom is -0.453 e. The summed E-state index contributed by atoms with van der Waals surface area (Å²) < 4.78 is 114. The Hall–Kier alpha value is -4.43. The van der Waals surface area contributed by atoms with Crippen molar-refractivity contribution in [1.29, 1.82) is 0 Å².